The first kappa shape index (κ1) is 10.8. The first-order chi connectivity index (χ1) is 7.49. The molecule has 0 saturated heterocycles. The lowest BCUT2D eigenvalue weighted by molar-refractivity contribution is 0.581. The van der Waals surface area contributed by atoms with E-state index in [-0.39, 0.29) is 11.5 Å². The second kappa shape index (κ2) is 3.70. The highest BCUT2D eigenvalue weighted by Crippen LogP contribution is 2.23. The second-order valence-electron chi connectivity index (χ2n) is 4.23. The van der Waals surface area contributed by atoms with E-state index in [0.29, 0.717) is 11.4 Å². The first-order valence-electron chi connectivity index (χ1n) is 5.19. The number of nitrogens with zero attached hydrogens (tertiary/aromatic N) is 1. The highest BCUT2D eigenvalue weighted by molar-refractivity contribution is 5.61. The highest BCUT2D eigenvalue weighted by atomic mass is 19.1. The largest absolute Gasteiger partial charge is 0.316 e. The minimum Gasteiger partial charge on any atom is -0.316 e. The van der Waals surface area contributed by atoms with Crippen molar-refractivity contribution in [2.75, 3.05) is 0 Å². The zero-order chi connectivity index (χ0) is 11.9. The normalized spacial score (nSPS) is 11.3. The monoisotopic (exact) mass is 220 g/mol. The van der Waals surface area contributed by atoms with Gasteiger partial charge in [0.1, 0.15) is 5.82 Å². The SMILES string of the molecule is Cc1cc(F)[nH]c2nc(=O)c(C(C)C)cc1-2. The van der Waals surface area contributed by atoms with Crippen LogP contribution < -0.4 is 5.56 Å². The number of nitrogens with one attached hydrogen (secondary N) is 1. The van der Waals surface area contributed by atoms with Crippen molar-refractivity contribution in [3.8, 4) is 11.4 Å². The molecular formula is C12H13FN2O. The third-order valence-electron chi connectivity index (χ3n) is 2.64. The van der Waals surface area contributed by atoms with Crippen LogP contribution in [0.2, 0.25) is 0 Å². The number of H-pyrrole nitrogens is 1. The van der Waals surface area contributed by atoms with Gasteiger partial charge in [-0.2, -0.15) is 9.37 Å². The Hall–Kier alpha value is -1.71. The Morgan fingerprint density at radius 3 is 2.69 bits per heavy atom. The fraction of sp³-hybridized carbons (Fsp3) is 0.333. The topological polar surface area (TPSA) is 45.8 Å². The summed E-state index contributed by atoms with van der Waals surface area (Å²) >= 11 is 0. The number of aryl methyl sites for hydroxylation is 1. The molecule has 2 rings (SSSR count). The molecule has 0 saturated carbocycles. The van der Waals surface area contributed by atoms with Crippen molar-refractivity contribution in [1.82, 2.24) is 9.97 Å². The summed E-state index contributed by atoms with van der Waals surface area (Å²) in [5, 5.41) is 0. The van der Waals surface area contributed by atoms with Gasteiger partial charge in [-0.1, -0.05) is 13.8 Å². The Morgan fingerprint density at radius 1 is 1.38 bits per heavy atom. The van der Waals surface area contributed by atoms with Gasteiger partial charge in [-0.25, -0.2) is 0 Å². The summed E-state index contributed by atoms with van der Waals surface area (Å²) in [5.74, 6) is -0.0463. The zero-order valence-electron chi connectivity index (χ0n) is 9.47. The second-order valence-corrected chi connectivity index (χ2v) is 4.23. The number of halogens is 1. The maximum absolute atomic E-state index is 13.1. The van der Waals surface area contributed by atoms with E-state index in [1.165, 1.54) is 6.07 Å². The molecule has 0 bridgehead atoms. The predicted octanol–water partition coefficient (Wildman–Crippen LogP) is 2.45. The van der Waals surface area contributed by atoms with Crippen LogP contribution in [0.5, 0.6) is 0 Å². The molecule has 0 aromatic carbocycles. The van der Waals surface area contributed by atoms with Gasteiger partial charge < -0.3 is 4.98 Å². The van der Waals surface area contributed by atoms with Crippen LogP contribution in [0.15, 0.2) is 16.9 Å². The molecule has 2 heterocycles. The van der Waals surface area contributed by atoms with Crippen LogP contribution in [0.25, 0.3) is 11.4 Å². The van der Waals surface area contributed by atoms with Gasteiger partial charge >= 0.3 is 0 Å². The lowest BCUT2D eigenvalue weighted by Gasteiger charge is -2.11. The summed E-state index contributed by atoms with van der Waals surface area (Å²) in [6.45, 7) is 5.68. The molecule has 0 atom stereocenters. The molecule has 16 heavy (non-hydrogen) atoms. The molecule has 0 fully saturated rings. The van der Waals surface area contributed by atoms with Crippen LogP contribution in [0.1, 0.15) is 30.9 Å². The number of fused-ring (bicyclic) bond motifs is 1. The molecule has 84 valence electrons. The molecule has 0 spiro atoms. The first-order valence-corrected chi connectivity index (χ1v) is 5.19. The summed E-state index contributed by atoms with van der Waals surface area (Å²) in [6.07, 6.45) is 0. The van der Waals surface area contributed by atoms with Crippen LogP contribution in [-0.2, 0) is 0 Å². The third kappa shape index (κ3) is 1.71. The van der Waals surface area contributed by atoms with Crippen molar-refractivity contribution in [2.24, 2.45) is 0 Å². The standard InChI is InChI=1S/C12H13FN2O/c1-6(2)8-5-9-7(3)4-10(13)14-11(9)15-12(8)16/h4-6H,1-3H3,(H,14,15,16). The molecule has 2 aliphatic rings. The van der Waals surface area contributed by atoms with Crippen LogP contribution >= 0.6 is 0 Å². The number of aromatic nitrogens is 2. The molecule has 0 aromatic heterocycles. The Morgan fingerprint density at radius 2 is 2.06 bits per heavy atom. The molecule has 0 aromatic rings. The Labute approximate surface area is 92.7 Å². The number of hydrogen-bond donors (Lipinski definition) is 1. The number of aromatic amines is 1. The molecular weight excluding hydrogens is 207 g/mol. The van der Waals surface area contributed by atoms with Crippen LogP contribution in [0, 0.1) is 12.9 Å². The van der Waals surface area contributed by atoms with E-state index in [0.717, 1.165) is 11.1 Å². The zero-order valence-corrected chi connectivity index (χ0v) is 9.47. The summed E-state index contributed by atoms with van der Waals surface area (Å²) < 4.78 is 13.1. The van der Waals surface area contributed by atoms with E-state index in [1.807, 2.05) is 13.8 Å². The lowest BCUT2D eigenvalue weighted by Crippen LogP contribution is -2.17. The number of rotatable bonds is 1. The van der Waals surface area contributed by atoms with Crippen molar-refractivity contribution in [3.05, 3.63) is 39.6 Å². The smallest absolute Gasteiger partial charge is 0.275 e. The van der Waals surface area contributed by atoms with Crippen LogP contribution in [0.3, 0.4) is 0 Å². The lowest BCUT2D eigenvalue weighted by atomic mass is 10.00. The van der Waals surface area contributed by atoms with Crippen molar-refractivity contribution in [3.63, 3.8) is 0 Å². The van der Waals surface area contributed by atoms with E-state index in [2.05, 4.69) is 9.97 Å². The van der Waals surface area contributed by atoms with E-state index >= 15 is 0 Å². The molecule has 0 amide bonds. The fourth-order valence-corrected chi connectivity index (χ4v) is 1.74. The predicted molar refractivity (Wildman–Crippen MR) is 60.3 cm³/mol. The quantitative estimate of drug-likeness (QED) is 0.750. The Kier molecular flexibility index (Phi) is 2.50. The average Bonchev–Trinajstić information content (AvgIpc) is 2.15. The summed E-state index contributed by atoms with van der Waals surface area (Å²) in [4.78, 5) is 18.0. The van der Waals surface area contributed by atoms with E-state index in [9.17, 15) is 9.18 Å². The maximum atomic E-state index is 13.1. The highest BCUT2D eigenvalue weighted by Gasteiger charge is 2.14. The van der Waals surface area contributed by atoms with Crippen molar-refractivity contribution in [2.45, 2.75) is 26.7 Å². The van der Waals surface area contributed by atoms with Gasteiger partial charge in [-0.05, 0) is 30.5 Å². The van der Waals surface area contributed by atoms with Crippen LogP contribution in [-0.4, -0.2) is 9.97 Å². The van der Waals surface area contributed by atoms with Crippen LogP contribution in [0.4, 0.5) is 4.39 Å². The third-order valence-corrected chi connectivity index (χ3v) is 2.64. The minimum absolute atomic E-state index is 0.119. The van der Waals surface area contributed by atoms with Gasteiger partial charge in [-0.3, -0.25) is 4.79 Å². The Balaban J connectivity index is 2.80. The van der Waals surface area contributed by atoms with Crippen molar-refractivity contribution in [1.29, 1.82) is 0 Å². The molecule has 4 heteroatoms. The summed E-state index contributed by atoms with van der Waals surface area (Å²) in [5.41, 5.74) is 1.95. The number of hydrogen-bond acceptors (Lipinski definition) is 2. The van der Waals surface area contributed by atoms with E-state index in [4.69, 9.17) is 0 Å². The van der Waals surface area contributed by atoms with Crippen molar-refractivity contribution < 1.29 is 4.39 Å². The molecule has 0 radical (unpaired) electrons. The van der Waals surface area contributed by atoms with Gasteiger partial charge in [-0.15, -0.1) is 0 Å². The molecule has 3 nitrogen and oxygen atoms in total. The van der Waals surface area contributed by atoms with Gasteiger partial charge in [0.2, 0.25) is 0 Å². The number of pyridine rings is 2. The van der Waals surface area contributed by atoms with Gasteiger partial charge in [0.25, 0.3) is 5.56 Å². The molecule has 0 unspecified atom stereocenters. The maximum Gasteiger partial charge on any atom is 0.275 e. The fourth-order valence-electron chi connectivity index (χ4n) is 1.74. The summed E-state index contributed by atoms with van der Waals surface area (Å²) in [7, 11) is 0. The van der Waals surface area contributed by atoms with Crippen molar-refractivity contribution >= 4 is 0 Å². The van der Waals surface area contributed by atoms with Gasteiger partial charge in [0, 0.05) is 11.1 Å². The summed E-state index contributed by atoms with van der Waals surface area (Å²) in [6, 6.07) is 3.19. The van der Waals surface area contributed by atoms with Gasteiger partial charge in [0.15, 0.2) is 5.95 Å². The van der Waals surface area contributed by atoms with Gasteiger partial charge in [0.05, 0.1) is 0 Å². The molecule has 2 aliphatic heterocycles. The average molecular weight is 220 g/mol. The van der Waals surface area contributed by atoms with E-state index < -0.39 is 5.95 Å². The molecule has 0 aliphatic carbocycles. The Bertz CT molecular complexity index is 560. The van der Waals surface area contributed by atoms with E-state index in [1.54, 1.807) is 13.0 Å². The minimum atomic E-state index is -0.478. The molecule has 1 N–H and O–H groups in total.